The van der Waals surface area contributed by atoms with E-state index in [1.807, 2.05) is 0 Å². The second-order valence-electron chi connectivity index (χ2n) is 5.96. The third kappa shape index (κ3) is 4.18. The maximum atomic E-state index is 12.9. The fourth-order valence-corrected chi connectivity index (χ4v) is 2.43. The van der Waals surface area contributed by atoms with Gasteiger partial charge in [-0.3, -0.25) is 0 Å². The Bertz CT molecular complexity index is 1050. The molecule has 1 heterocycles. The van der Waals surface area contributed by atoms with Crippen LogP contribution in [0.1, 0.15) is 15.9 Å². The lowest BCUT2D eigenvalue weighted by molar-refractivity contribution is -0.360. The molecule has 6 nitrogen and oxygen atoms in total. The van der Waals surface area contributed by atoms with Crippen molar-refractivity contribution in [3.05, 3.63) is 59.9 Å². The molecule has 0 fully saturated rings. The van der Waals surface area contributed by atoms with Crippen molar-refractivity contribution in [1.82, 2.24) is 14.8 Å². The molecule has 0 aliphatic rings. The molecular weight excluding hydrogens is 401 g/mol. The van der Waals surface area contributed by atoms with E-state index < -0.39 is 24.0 Å². The molecule has 29 heavy (non-hydrogen) atoms. The van der Waals surface area contributed by atoms with Crippen LogP contribution in [0.15, 0.2) is 48.8 Å². The minimum absolute atomic E-state index is 0.108. The molecule has 3 rings (SSSR count). The number of nitrogens with zero attached hydrogens (tertiary/aromatic N) is 3. The Hall–Kier alpha value is -3.50. The fraction of sp³-hybridized carbons (Fsp3) is 0.167. The summed E-state index contributed by atoms with van der Waals surface area (Å²) in [6.07, 6.45) is -9.82. The second kappa shape index (κ2) is 7.15. The second-order valence-corrected chi connectivity index (χ2v) is 5.96. The van der Waals surface area contributed by atoms with Crippen molar-refractivity contribution >= 4 is 5.97 Å². The number of aryl methyl sites for hydroxylation is 1. The molecule has 0 radical (unpaired) electrons. The van der Waals surface area contributed by atoms with E-state index in [-0.39, 0.29) is 11.4 Å². The van der Waals surface area contributed by atoms with E-state index in [0.717, 1.165) is 12.1 Å². The highest BCUT2D eigenvalue weighted by atomic mass is 19.4. The Morgan fingerprint density at radius 3 is 2.28 bits per heavy atom. The number of carbonyl (C=O) groups is 1. The average Bonchev–Trinajstić information content (AvgIpc) is 3.10. The molecule has 2 aromatic carbocycles. The highest BCUT2D eigenvalue weighted by Gasteiger charge is 2.61. The zero-order valence-corrected chi connectivity index (χ0v) is 14.6. The number of aromatic nitrogens is 3. The van der Waals surface area contributed by atoms with Gasteiger partial charge in [0, 0.05) is 5.56 Å². The molecule has 0 unspecified atom stereocenters. The maximum absolute atomic E-state index is 12.9. The summed E-state index contributed by atoms with van der Waals surface area (Å²) in [5.41, 5.74) is 1.66. The molecule has 0 amide bonds. The van der Waals surface area contributed by atoms with Crippen molar-refractivity contribution in [3.63, 3.8) is 0 Å². The molecule has 0 saturated heterocycles. The van der Waals surface area contributed by atoms with Crippen LogP contribution in [0.4, 0.5) is 22.0 Å². The molecule has 1 aromatic heterocycles. The van der Waals surface area contributed by atoms with Gasteiger partial charge in [-0.15, -0.1) is 5.10 Å². The zero-order valence-electron chi connectivity index (χ0n) is 14.6. The Morgan fingerprint density at radius 2 is 1.72 bits per heavy atom. The highest BCUT2D eigenvalue weighted by Crippen LogP contribution is 2.37. The summed E-state index contributed by atoms with van der Waals surface area (Å²) in [4.78, 5) is 15.1. The van der Waals surface area contributed by atoms with E-state index in [1.165, 1.54) is 35.3 Å². The van der Waals surface area contributed by atoms with Crippen LogP contribution in [-0.2, 0) is 0 Å². The molecule has 0 aliphatic heterocycles. The summed E-state index contributed by atoms with van der Waals surface area (Å²) >= 11 is 0. The molecule has 3 aromatic rings. The summed E-state index contributed by atoms with van der Waals surface area (Å²) in [5, 5.41) is 13.2. The lowest BCUT2D eigenvalue weighted by Crippen LogP contribution is -2.41. The first-order valence-corrected chi connectivity index (χ1v) is 7.98. The molecule has 11 heteroatoms. The Labute approximate surface area is 160 Å². The van der Waals surface area contributed by atoms with E-state index in [9.17, 15) is 26.7 Å². The van der Waals surface area contributed by atoms with E-state index in [1.54, 1.807) is 13.0 Å². The van der Waals surface area contributed by atoms with Crippen LogP contribution in [-0.4, -0.2) is 38.1 Å². The summed E-state index contributed by atoms with van der Waals surface area (Å²) in [5.74, 6) is -1.46. The summed E-state index contributed by atoms with van der Waals surface area (Å²) < 4.78 is 67.5. The number of carboxylic acid groups (broad SMARTS) is 1. The predicted molar refractivity (Wildman–Crippen MR) is 90.1 cm³/mol. The van der Waals surface area contributed by atoms with Gasteiger partial charge in [0.05, 0.1) is 11.3 Å². The van der Waals surface area contributed by atoms with Crippen molar-refractivity contribution in [2.45, 2.75) is 19.2 Å². The van der Waals surface area contributed by atoms with Crippen molar-refractivity contribution in [2.75, 3.05) is 0 Å². The third-order valence-electron chi connectivity index (χ3n) is 3.88. The summed E-state index contributed by atoms with van der Waals surface area (Å²) in [7, 11) is 0. The van der Waals surface area contributed by atoms with Gasteiger partial charge in [0.25, 0.3) is 0 Å². The molecule has 0 saturated carbocycles. The van der Waals surface area contributed by atoms with Gasteiger partial charge >= 0.3 is 18.3 Å². The van der Waals surface area contributed by atoms with Crippen LogP contribution >= 0.6 is 0 Å². The van der Waals surface area contributed by atoms with Crippen LogP contribution in [0.25, 0.3) is 17.1 Å². The van der Waals surface area contributed by atoms with Crippen molar-refractivity contribution in [2.24, 2.45) is 0 Å². The Kier molecular flexibility index (Phi) is 4.99. The Balaban J connectivity index is 1.82. The quantitative estimate of drug-likeness (QED) is 0.625. The monoisotopic (exact) mass is 413 g/mol. The number of carboxylic acids is 1. The maximum Gasteiger partial charge on any atom is 0.499 e. The molecule has 0 bridgehead atoms. The summed E-state index contributed by atoms with van der Waals surface area (Å²) in [6, 6.07) is 8.78. The molecule has 1 N–H and O–H groups in total. The first kappa shape index (κ1) is 20.2. The predicted octanol–water partition coefficient (Wildman–Crippen LogP) is 4.47. The minimum Gasteiger partial charge on any atom is -0.478 e. The molecule has 0 aliphatic carbocycles. The van der Waals surface area contributed by atoms with Crippen molar-refractivity contribution < 1.29 is 36.6 Å². The minimum atomic E-state index is -5.83. The van der Waals surface area contributed by atoms with Gasteiger partial charge in [-0.1, -0.05) is 0 Å². The fourth-order valence-electron chi connectivity index (χ4n) is 2.43. The third-order valence-corrected chi connectivity index (χ3v) is 3.88. The number of hydrogen-bond donors (Lipinski definition) is 1. The normalized spacial score (nSPS) is 12.1. The first-order chi connectivity index (χ1) is 13.5. The number of ether oxygens (including phenoxy) is 1. The molecule has 152 valence electrons. The standard InChI is InChI=1S/C18H12F5N3O3/c1-10-8-11(16(27)28)2-7-14(10)15-24-9-26(25-15)12-3-5-13(6-4-12)29-18(22,23)17(19,20)21/h2-9H,1H3,(H,27,28). The van der Waals surface area contributed by atoms with Crippen molar-refractivity contribution in [1.29, 1.82) is 0 Å². The van der Waals surface area contributed by atoms with Crippen LogP contribution in [0.3, 0.4) is 0 Å². The van der Waals surface area contributed by atoms with Gasteiger partial charge in [-0.2, -0.15) is 22.0 Å². The summed E-state index contributed by atoms with van der Waals surface area (Å²) in [6.45, 7) is 1.69. The van der Waals surface area contributed by atoms with Crippen molar-refractivity contribution in [3.8, 4) is 22.8 Å². The number of hydrogen-bond acceptors (Lipinski definition) is 4. The molecule has 0 spiro atoms. The van der Waals surface area contributed by atoms with Gasteiger partial charge in [0.15, 0.2) is 5.82 Å². The van der Waals surface area contributed by atoms with Gasteiger partial charge in [-0.05, 0) is 55.0 Å². The number of halogens is 5. The van der Waals surface area contributed by atoms with Crippen LogP contribution in [0, 0.1) is 6.92 Å². The van der Waals surface area contributed by atoms with Gasteiger partial charge < -0.3 is 9.84 Å². The highest BCUT2D eigenvalue weighted by molar-refractivity contribution is 5.88. The zero-order chi connectivity index (χ0) is 21.4. The number of alkyl halides is 5. The topological polar surface area (TPSA) is 77.2 Å². The smallest absolute Gasteiger partial charge is 0.478 e. The first-order valence-electron chi connectivity index (χ1n) is 7.98. The lowest BCUT2D eigenvalue weighted by atomic mass is 10.0. The van der Waals surface area contributed by atoms with Gasteiger partial charge in [0.1, 0.15) is 12.1 Å². The molecular formula is C18H12F5N3O3. The Morgan fingerprint density at radius 1 is 1.07 bits per heavy atom. The number of rotatable bonds is 5. The lowest BCUT2D eigenvalue weighted by Gasteiger charge is -2.20. The van der Waals surface area contributed by atoms with Crippen LogP contribution in [0.5, 0.6) is 5.75 Å². The van der Waals surface area contributed by atoms with Gasteiger partial charge in [0.2, 0.25) is 0 Å². The largest absolute Gasteiger partial charge is 0.499 e. The van der Waals surface area contributed by atoms with E-state index in [4.69, 9.17) is 5.11 Å². The number of benzene rings is 2. The SMILES string of the molecule is Cc1cc(C(=O)O)ccc1-c1ncn(-c2ccc(OC(F)(F)C(F)(F)F)cc2)n1. The van der Waals surface area contributed by atoms with Crippen LogP contribution in [0.2, 0.25) is 0 Å². The number of aromatic carboxylic acids is 1. The van der Waals surface area contributed by atoms with E-state index in [0.29, 0.717) is 16.8 Å². The van der Waals surface area contributed by atoms with Crippen LogP contribution < -0.4 is 4.74 Å². The van der Waals surface area contributed by atoms with E-state index in [2.05, 4.69) is 14.8 Å². The average molecular weight is 413 g/mol. The van der Waals surface area contributed by atoms with Gasteiger partial charge in [-0.25, -0.2) is 14.5 Å². The van der Waals surface area contributed by atoms with E-state index >= 15 is 0 Å². The molecule has 0 atom stereocenters.